The Kier molecular flexibility index (Phi) is 15.2. The molecule has 0 N–H and O–H groups in total. The van der Waals surface area contributed by atoms with Gasteiger partial charge in [-0.05, 0) is 32.4 Å². The van der Waals surface area contributed by atoms with Crippen molar-refractivity contribution in [1.29, 1.82) is 5.26 Å². The van der Waals surface area contributed by atoms with E-state index >= 15 is 0 Å². The number of carbonyl (C=O) groups is 6. The number of carbonyl (C=O) groups excluding carboxylic acids is 6. The van der Waals surface area contributed by atoms with Crippen molar-refractivity contribution in [3.63, 3.8) is 0 Å². The fourth-order valence-electron chi connectivity index (χ4n) is 3.42. The van der Waals surface area contributed by atoms with E-state index in [2.05, 4.69) is 18.0 Å². The van der Waals surface area contributed by atoms with Gasteiger partial charge in [0.2, 0.25) is 0 Å². The Labute approximate surface area is 278 Å². The summed E-state index contributed by atoms with van der Waals surface area (Å²) in [6.07, 6.45) is -0.933. The number of benzene rings is 1. The van der Waals surface area contributed by atoms with Crippen LogP contribution in [0.3, 0.4) is 0 Å². The van der Waals surface area contributed by atoms with Gasteiger partial charge in [0.15, 0.2) is 0 Å². The lowest BCUT2D eigenvalue weighted by molar-refractivity contribution is -0.156. The van der Waals surface area contributed by atoms with Gasteiger partial charge in [0.25, 0.3) is 5.70 Å². The van der Waals surface area contributed by atoms with Gasteiger partial charge >= 0.3 is 35.8 Å². The van der Waals surface area contributed by atoms with E-state index in [1.165, 1.54) is 19.9 Å². The second kappa shape index (κ2) is 18.8. The Morgan fingerprint density at radius 1 is 0.851 bits per heavy atom. The lowest BCUT2D eigenvalue weighted by atomic mass is 10.2. The lowest BCUT2D eigenvalue weighted by Gasteiger charge is -2.15. The molecular formula is C31H30N2O12S2. The first-order valence-electron chi connectivity index (χ1n) is 13.8. The Hall–Kier alpha value is -5.06. The molecule has 1 aliphatic rings. The highest BCUT2D eigenvalue weighted by atomic mass is 32.2. The number of nitrogens with zero attached hydrogens (tertiary/aromatic N) is 2. The van der Waals surface area contributed by atoms with Crippen LogP contribution in [-0.2, 0) is 47.7 Å². The summed E-state index contributed by atoms with van der Waals surface area (Å²) in [5.41, 5.74) is 0.132. The quantitative estimate of drug-likeness (QED) is 0.0590. The standard InChI is InChI=1S/C31H30N2O12S2/c1-7-22(34)40-15-19(5)43-25(37)11-12-27(39)45-28-17(3)13-21(29-30(28)47-31(46-29)20(14-32)33-6)44-26(38)10-9-24(36)41-16-18(4)42-23(35)8-2/h7-8,13,18-19H,1-2,9-12,15-16H2,3-5H3/b31-20+. The predicted octanol–water partition coefficient (Wildman–Crippen LogP) is 4.50. The molecule has 1 heterocycles. The van der Waals surface area contributed by atoms with Crippen LogP contribution in [0.25, 0.3) is 4.85 Å². The smallest absolute Gasteiger partial charge is 0.330 e. The molecule has 47 heavy (non-hydrogen) atoms. The molecule has 0 spiro atoms. The second-order valence-electron chi connectivity index (χ2n) is 9.46. The number of allylic oxidation sites excluding steroid dienone is 1. The van der Waals surface area contributed by atoms with Crippen molar-refractivity contribution in [1.82, 2.24) is 0 Å². The van der Waals surface area contributed by atoms with Crippen molar-refractivity contribution in [2.45, 2.75) is 68.5 Å². The van der Waals surface area contributed by atoms with Gasteiger partial charge < -0.3 is 28.4 Å². The number of rotatable bonds is 16. The number of fused-ring (bicyclic) bond motifs is 1. The fourth-order valence-corrected chi connectivity index (χ4v) is 5.96. The molecule has 16 heteroatoms. The minimum atomic E-state index is -0.792. The summed E-state index contributed by atoms with van der Waals surface area (Å²) in [6, 6.07) is 3.22. The van der Waals surface area contributed by atoms with Gasteiger partial charge in [-0.2, -0.15) is 0 Å². The van der Waals surface area contributed by atoms with Crippen LogP contribution in [0.15, 0.2) is 51.1 Å². The highest BCUT2D eigenvalue weighted by Crippen LogP contribution is 2.60. The Morgan fingerprint density at radius 3 is 2.02 bits per heavy atom. The third kappa shape index (κ3) is 12.3. The molecule has 0 aliphatic carbocycles. The molecule has 0 saturated heterocycles. The van der Waals surface area contributed by atoms with Crippen LogP contribution in [-0.4, -0.2) is 61.2 Å². The van der Waals surface area contributed by atoms with Crippen molar-refractivity contribution >= 4 is 59.3 Å². The van der Waals surface area contributed by atoms with Crippen LogP contribution in [0.4, 0.5) is 0 Å². The van der Waals surface area contributed by atoms with E-state index in [1.54, 1.807) is 13.0 Å². The SMILES string of the molecule is [C-]#[N+]/C(C#N)=C1\Sc2c(OC(=O)CCC(=O)OCC(C)OC(=O)C=C)cc(C)c(OC(=O)CCC(=O)OC(C)COC(=O)C=C)c2S1. The summed E-state index contributed by atoms with van der Waals surface area (Å²) >= 11 is 1.94. The first-order chi connectivity index (χ1) is 22.3. The zero-order valence-corrected chi connectivity index (χ0v) is 27.3. The summed E-state index contributed by atoms with van der Waals surface area (Å²) in [5.74, 6) is -4.27. The van der Waals surface area contributed by atoms with E-state index in [-0.39, 0.29) is 60.3 Å². The fraction of sp³-hybridized carbons (Fsp3) is 0.355. The molecule has 0 aromatic heterocycles. The molecule has 1 aromatic carbocycles. The van der Waals surface area contributed by atoms with Gasteiger partial charge in [0.05, 0.1) is 52.4 Å². The van der Waals surface area contributed by atoms with Crippen molar-refractivity contribution in [2.24, 2.45) is 0 Å². The Bertz CT molecular complexity index is 1550. The zero-order chi connectivity index (χ0) is 35.1. The first-order valence-corrected chi connectivity index (χ1v) is 15.4. The molecule has 0 saturated carbocycles. The summed E-state index contributed by atoms with van der Waals surface area (Å²) in [6.45, 7) is 18.0. The minimum Gasteiger partial charge on any atom is -0.462 e. The number of ether oxygens (including phenoxy) is 6. The average Bonchev–Trinajstić information content (AvgIpc) is 3.48. The van der Waals surface area contributed by atoms with Gasteiger partial charge in [-0.15, -0.1) is 0 Å². The molecule has 0 radical (unpaired) electrons. The van der Waals surface area contributed by atoms with Crippen LogP contribution in [0.1, 0.15) is 45.1 Å². The van der Waals surface area contributed by atoms with Gasteiger partial charge in [-0.25, -0.2) is 19.7 Å². The number of hydrogen-bond donors (Lipinski definition) is 0. The van der Waals surface area contributed by atoms with Crippen molar-refractivity contribution in [3.8, 4) is 17.6 Å². The van der Waals surface area contributed by atoms with Crippen molar-refractivity contribution in [3.05, 3.63) is 58.3 Å². The van der Waals surface area contributed by atoms with E-state index in [0.717, 1.165) is 35.7 Å². The maximum atomic E-state index is 12.7. The van der Waals surface area contributed by atoms with E-state index in [0.29, 0.717) is 15.4 Å². The average molecular weight is 687 g/mol. The summed E-state index contributed by atoms with van der Waals surface area (Å²) in [4.78, 5) is 75.8. The van der Waals surface area contributed by atoms with Crippen LogP contribution >= 0.6 is 23.5 Å². The molecule has 1 aliphatic heterocycles. The molecular weight excluding hydrogens is 656 g/mol. The molecule has 2 unspecified atom stereocenters. The van der Waals surface area contributed by atoms with Gasteiger partial charge in [0, 0.05) is 12.2 Å². The Balaban J connectivity index is 2.10. The van der Waals surface area contributed by atoms with Crippen molar-refractivity contribution < 1.29 is 57.2 Å². The largest absolute Gasteiger partial charge is 0.462 e. The monoisotopic (exact) mass is 686 g/mol. The molecule has 0 fully saturated rings. The summed E-state index contributed by atoms with van der Waals surface area (Å²) < 4.78 is 31.2. The molecule has 2 atom stereocenters. The van der Waals surface area contributed by atoms with E-state index in [1.807, 2.05) is 0 Å². The summed E-state index contributed by atoms with van der Waals surface area (Å²) in [5, 5.41) is 9.40. The zero-order valence-electron chi connectivity index (χ0n) is 25.7. The van der Waals surface area contributed by atoms with Gasteiger partial charge in [0.1, 0.15) is 36.9 Å². The highest BCUT2D eigenvalue weighted by Gasteiger charge is 2.32. The van der Waals surface area contributed by atoms with E-state index < -0.39 is 48.0 Å². The van der Waals surface area contributed by atoms with E-state index in [4.69, 9.17) is 35.0 Å². The molecule has 0 amide bonds. The number of aryl methyl sites for hydroxylation is 1. The highest BCUT2D eigenvalue weighted by molar-refractivity contribution is 8.24. The maximum absolute atomic E-state index is 12.7. The summed E-state index contributed by atoms with van der Waals surface area (Å²) in [7, 11) is 0. The van der Waals surface area contributed by atoms with Crippen LogP contribution in [0.2, 0.25) is 0 Å². The topological polar surface area (TPSA) is 186 Å². The minimum absolute atomic E-state index is 0.0464. The third-order valence-corrected chi connectivity index (χ3v) is 8.16. The number of hydrogen-bond acceptors (Lipinski definition) is 15. The van der Waals surface area contributed by atoms with Crippen LogP contribution in [0, 0.1) is 24.8 Å². The second-order valence-corrected chi connectivity index (χ2v) is 11.8. The van der Waals surface area contributed by atoms with Crippen LogP contribution < -0.4 is 9.47 Å². The predicted molar refractivity (Wildman–Crippen MR) is 165 cm³/mol. The molecule has 0 bridgehead atoms. The third-order valence-electron chi connectivity index (χ3n) is 5.57. The molecule has 248 valence electrons. The number of nitriles is 1. The normalized spacial score (nSPS) is 13.6. The Morgan fingerprint density at radius 2 is 1.40 bits per heavy atom. The molecule has 2 rings (SSSR count). The van der Waals surface area contributed by atoms with Gasteiger partial charge in [-0.1, -0.05) is 36.7 Å². The number of thioether (sulfide) groups is 2. The van der Waals surface area contributed by atoms with Crippen LogP contribution in [0.5, 0.6) is 11.5 Å². The first kappa shape index (κ1) is 38.1. The number of esters is 6. The van der Waals surface area contributed by atoms with E-state index in [9.17, 15) is 34.0 Å². The van der Waals surface area contributed by atoms with Gasteiger partial charge in [-0.3, -0.25) is 19.2 Å². The van der Waals surface area contributed by atoms with Crippen molar-refractivity contribution in [2.75, 3.05) is 13.2 Å². The maximum Gasteiger partial charge on any atom is 0.330 e. The molecule has 1 aromatic rings. The lowest BCUT2D eigenvalue weighted by Crippen LogP contribution is -2.22. The molecule has 14 nitrogen and oxygen atoms in total.